The van der Waals surface area contributed by atoms with E-state index in [0.717, 1.165) is 17.4 Å². The van der Waals surface area contributed by atoms with Crippen molar-refractivity contribution in [3.05, 3.63) is 35.4 Å². The van der Waals surface area contributed by atoms with E-state index in [9.17, 15) is 4.79 Å². The molecule has 1 nitrogen and oxygen atoms in total. The van der Waals surface area contributed by atoms with Crippen LogP contribution in [0.1, 0.15) is 11.1 Å². The van der Waals surface area contributed by atoms with Crippen LogP contribution < -0.4 is 0 Å². The number of rotatable bonds is 2. The van der Waals surface area contributed by atoms with Gasteiger partial charge in [0.1, 0.15) is 6.29 Å². The standard InChI is InChI=1S/C9H9O/c1-8-4-2-3-5-9(8)6-7-10/h2-4,7H,6H2,1H3. The molecule has 10 heavy (non-hydrogen) atoms. The van der Waals surface area contributed by atoms with Crippen LogP contribution in [0.4, 0.5) is 0 Å². The lowest BCUT2D eigenvalue weighted by Gasteiger charge is -1.97. The Kier molecular flexibility index (Phi) is 2.21. The minimum atomic E-state index is 0.479. The second-order valence-electron chi connectivity index (χ2n) is 2.20. The van der Waals surface area contributed by atoms with E-state index >= 15 is 0 Å². The zero-order valence-corrected chi connectivity index (χ0v) is 5.92. The van der Waals surface area contributed by atoms with E-state index in [1.54, 1.807) is 0 Å². The highest BCUT2D eigenvalue weighted by molar-refractivity contribution is 5.55. The van der Waals surface area contributed by atoms with Gasteiger partial charge in [-0.15, -0.1) is 0 Å². The van der Waals surface area contributed by atoms with E-state index in [1.165, 1.54) is 0 Å². The Morgan fingerprint density at radius 2 is 2.50 bits per heavy atom. The van der Waals surface area contributed by atoms with E-state index in [1.807, 2.05) is 25.1 Å². The fraction of sp³-hybridized carbons (Fsp3) is 0.222. The Hall–Kier alpha value is -1.11. The van der Waals surface area contributed by atoms with Gasteiger partial charge >= 0.3 is 0 Å². The van der Waals surface area contributed by atoms with Crippen LogP contribution in [-0.2, 0) is 11.2 Å². The van der Waals surface area contributed by atoms with E-state index in [0.29, 0.717) is 6.42 Å². The number of benzene rings is 1. The fourth-order valence-corrected chi connectivity index (χ4v) is 0.859. The molecular weight excluding hydrogens is 124 g/mol. The molecular formula is C9H9O. The molecule has 1 rings (SSSR count). The summed E-state index contributed by atoms with van der Waals surface area (Å²) in [7, 11) is 0. The summed E-state index contributed by atoms with van der Waals surface area (Å²) in [4.78, 5) is 10.1. The molecule has 0 bridgehead atoms. The zero-order chi connectivity index (χ0) is 7.40. The second kappa shape index (κ2) is 3.16. The van der Waals surface area contributed by atoms with E-state index in [2.05, 4.69) is 6.07 Å². The second-order valence-corrected chi connectivity index (χ2v) is 2.20. The normalized spacial score (nSPS) is 9.30. The Labute approximate surface area is 60.7 Å². The summed E-state index contributed by atoms with van der Waals surface area (Å²) in [5, 5.41) is 0. The smallest absolute Gasteiger partial charge is 0.124 e. The van der Waals surface area contributed by atoms with Crippen molar-refractivity contribution in [3.8, 4) is 0 Å². The molecule has 1 heteroatoms. The molecule has 1 aromatic rings. The zero-order valence-electron chi connectivity index (χ0n) is 5.92. The topological polar surface area (TPSA) is 17.1 Å². The summed E-state index contributed by atoms with van der Waals surface area (Å²) in [5.74, 6) is 0. The Bertz CT molecular complexity index is 228. The van der Waals surface area contributed by atoms with Crippen molar-refractivity contribution in [2.45, 2.75) is 13.3 Å². The predicted molar refractivity (Wildman–Crippen MR) is 39.8 cm³/mol. The van der Waals surface area contributed by atoms with Crippen LogP contribution in [-0.4, -0.2) is 6.29 Å². The minimum Gasteiger partial charge on any atom is -0.303 e. The third-order valence-electron chi connectivity index (χ3n) is 1.46. The van der Waals surface area contributed by atoms with Gasteiger partial charge in [-0.05, 0) is 24.1 Å². The van der Waals surface area contributed by atoms with Crippen LogP contribution in [0.2, 0.25) is 0 Å². The number of carbonyl (C=O) groups excluding carboxylic acids is 1. The molecule has 51 valence electrons. The first-order valence-corrected chi connectivity index (χ1v) is 3.24. The number of carbonyl (C=O) groups is 1. The van der Waals surface area contributed by atoms with Crippen molar-refractivity contribution >= 4 is 6.29 Å². The van der Waals surface area contributed by atoms with E-state index < -0.39 is 0 Å². The SMILES string of the molecule is Cc1ccc[c]c1CC=O. The molecule has 0 N–H and O–H groups in total. The van der Waals surface area contributed by atoms with Gasteiger partial charge in [-0.2, -0.15) is 0 Å². The van der Waals surface area contributed by atoms with Gasteiger partial charge in [0, 0.05) is 6.42 Å². The van der Waals surface area contributed by atoms with Crippen LogP contribution in [0.25, 0.3) is 0 Å². The van der Waals surface area contributed by atoms with Crippen LogP contribution >= 0.6 is 0 Å². The molecule has 0 saturated carbocycles. The van der Waals surface area contributed by atoms with Gasteiger partial charge in [0.2, 0.25) is 0 Å². The molecule has 0 heterocycles. The minimum absolute atomic E-state index is 0.479. The van der Waals surface area contributed by atoms with Crippen molar-refractivity contribution < 1.29 is 4.79 Å². The van der Waals surface area contributed by atoms with Gasteiger partial charge in [0.25, 0.3) is 0 Å². The maximum Gasteiger partial charge on any atom is 0.124 e. The highest BCUT2D eigenvalue weighted by Crippen LogP contribution is 2.04. The molecule has 0 atom stereocenters. The average Bonchev–Trinajstić information content (AvgIpc) is 1.94. The third-order valence-corrected chi connectivity index (χ3v) is 1.46. The Morgan fingerprint density at radius 1 is 1.70 bits per heavy atom. The van der Waals surface area contributed by atoms with Gasteiger partial charge in [-0.1, -0.05) is 18.2 Å². The monoisotopic (exact) mass is 133 g/mol. The lowest BCUT2D eigenvalue weighted by atomic mass is 10.1. The van der Waals surface area contributed by atoms with Crippen molar-refractivity contribution in [3.63, 3.8) is 0 Å². The highest BCUT2D eigenvalue weighted by Gasteiger charge is 1.93. The quantitative estimate of drug-likeness (QED) is 0.559. The molecule has 0 aliphatic carbocycles. The first kappa shape index (κ1) is 7.00. The van der Waals surface area contributed by atoms with Gasteiger partial charge in [0.05, 0.1) is 0 Å². The molecule has 0 aliphatic heterocycles. The van der Waals surface area contributed by atoms with Crippen LogP contribution in [0.15, 0.2) is 18.2 Å². The predicted octanol–water partition coefficient (Wildman–Crippen LogP) is 1.54. The maximum absolute atomic E-state index is 10.1. The van der Waals surface area contributed by atoms with Crippen molar-refractivity contribution in [2.24, 2.45) is 0 Å². The molecule has 0 saturated heterocycles. The summed E-state index contributed by atoms with van der Waals surface area (Å²) < 4.78 is 0. The van der Waals surface area contributed by atoms with E-state index in [-0.39, 0.29) is 0 Å². The van der Waals surface area contributed by atoms with Crippen molar-refractivity contribution in [1.29, 1.82) is 0 Å². The van der Waals surface area contributed by atoms with Gasteiger partial charge in [0.15, 0.2) is 0 Å². The van der Waals surface area contributed by atoms with Crippen molar-refractivity contribution in [1.82, 2.24) is 0 Å². The number of aldehydes is 1. The average molecular weight is 133 g/mol. The largest absolute Gasteiger partial charge is 0.303 e. The number of aryl methyl sites for hydroxylation is 1. The Morgan fingerprint density at radius 3 is 3.10 bits per heavy atom. The van der Waals surface area contributed by atoms with Crippen LogP contribution in [0.3, 0.4) is 0 Å². The van der Waals surface area contributed by atoms with Crippen LogP contribution in [0, 0.1) is 13.0 Å². The summed E-state index contributed by atoms with van der Waals surface area (Å²) >= 11 is 0. The van der Waals surface area contributed by atoms with Crippen molar-refractivity contribution in [2.75, 3.05) is 0 Å². The first-order valence-electron chi connectivity index (χ1n) is 3.24. The molecule has 0 spiro atoms. The summed E-state index contributed by atoms with van der Waals surface area (Å²) in [6.07, 6.45) is 1.38. The highest BCUT2D eigenvalue weighted by atomic mass is 16.1. The molecule has 0 aromatic heterocycles. The van der Waals surface area contributed by atoms with Gasteiger partial charge in [-0.3, -0.25) is 0 Å². The summed E-state index contributed by atoms with van der Waals surface area (Å²) in [6, 6.07) is 8.73. The van der Waals surface area contributed by atoms with Gasteiger partial charge < -0.3 is 4.79 Å². The molecule has 0 fully saturated rings. The molecule has 1 aromatic carbocycles. The third kappa shape index (κ3) is 1.44. The lowest BCUT2D eigenvalue weighted by Crippen LogP contribution is -1.88. The van der Waals surface area contributed by atoms with Gasteiger partial charge in [-0.25, -0.2) is 0 Å². The summed E-state index contributed by atoms with van der Waals surface area (Å²) in [6.45, 7) is 1.98. The van der Waals surface area contributed by atoms with Crippen LogP contribution in [0.5, 0.6) is 0 Å². The molecule has 1 radical (unpaired) electrons. The fourth-order valence-electron chi connectivity index (χ4n) is 0.859. The number of hydrogen-bond acceptors (Lipinski definition) is 1. The summed E-state index contributed by atoms with van der Waals surface area (Å²) in [5.41, 5.74) is 2.13. The Balaban J connectivity index is 2.91. The first-order chi connectivity index (χ1) is 4.84. The molecule has 0 aliphatic rings. The van der Waals surface area contributed by atoms with E-state index in [4.69, 9.17) is 0 Å². The molecule has 0 amide bonds. The molecule has 0 unspecified atom stereocenters. The maximum atomic E-state index is 10.1. The number of hydrogen-bond donors (Lipinski definition) is 0. The lowest BCUT2D eigenvalue weighted by molar-refractivity contribution is -0.107.